The topological polar surface area (TPSA) is 136 Å². The standard InChI is InChI=1S/C25H27F3N4O3.C24H25F3N4O2/c1-17-14-23(32-10-8-31(9-11-32)12-13-33)30-22-7-4-19(15-21(17)22)29-24(34)16-35-20-5-2-18(3-6-20)25(26,27)28;1-16-13-22(31-11-9-30(2)10-12-31)29-21-8-5-18(14-20(16)21)28-23(32)15-33-19-6-3-17(4-7-19)24(25,26)27/h2-7,14-15,33H,8-13,16H2,1H3,(H,29,34);3-8,13-14H,9-12,15H2,1-2H3,(H,28,32). The third-order valence-electron chi connectivity index (χ3n) is 11.6. The first-order chi connectivity index (χ1) is 32.4. The number of aryl methyl sites for hydroxylation is 2. The van der Waals surface area contributed by atoms with E-state index in [1.54, 1.807) is 12.1 Å². The number of fused-ring (bicyclic) bond motifs is 2. The number of alkyl halides is 6. The average Bonchev–Trinajstić information content (AvgIpc) is 3.31. The minimum Gasteiger partial charge on any atom is -0.484 e. The van der Waals surface area contributed by atoms with Crippen LogP contribution in [0.4, 0.5) is 49.4 Å². The molecule has 13 nitrogen and oxygen atoms in total. The summed E-state index contributed by atoms with van der Waals surface area (Å²) in [5.74, 6) is 1.39. The summed E-state index contributed by atoms with van der Waals surface area (Å²) in [6.45, 7) is 11.5. The number of rotatable bonds is 12. The fourth-order valence-corrected chi connectivity index (χ4v) is 7.78. The molecule has 2 amide bonds. The van der Waals surface area contributed by atoms with E-state index < -0.39 is 35.3 Å². The molecule has 360 valence electrons. The van der Waals surface area contributed by atoms with E-state index >= 15 is 0 Å². The van der Waals surface area contributed by atoms with Crippen molar-refractivity contribution in [3.63, 3.8) is 0 Å². The van der Waals surface area contributed by atoms with E-state index in [4.69, 9.17) is 24.5 Å². The van der Waals surface area contributed by atoms with E-state index in [0.717, 1.165) is 121 Å². The van der Waals surface area contributed by atoms with Gasteiger partial charge < -0.3 is 39.9 Å². The van der Waals surface area contributed by atoms with Gasteiger partial charge in [-0.2, -0.15) is 26.3 Å². The van der Waals surface area contributed by atoms with Crippen LogP contribution in [0.15, 0.2) is 97.1 Å². The lowest BCUT2D eigenvalue weighted by molar-refractivity contribution is -0.138. The van der Waals surface area contributed by atoms with Gasteiger partial charge in [0.05, 0.1) is 28.8 Å². The molecule has 8 rings (SSSR count). The minimum atomic E-state index is -4.42. The summed E-state index contributed by atoms with van der Waals surface area (Å²) >= 11 is 0. The van der Waals surface area contributed by atoms with Gasteiger partial charge in [0.15, 0.2) is 13.2 Å². The highest BCUT2D eigenvalue weighted by Crippen LogP contribution is 2.32. The van der Waals surface area contributed by atoms with Crippen LogP contribution in [0.3, 0.4) is 0 Å². The molecule has 2 saturated heterocycles. The number of hydrogen-bond donors (Lipinski definition) is 3. The Kier molecular flexibility index (Phi) is 15.6. The van der Waals surface area contributed by atoms with Crippen molar-refractivity contribution in [1.82, 2.24) is 19.8 Å². The highest BCUT2D eigenvalue weighted by molar-refractivity contribution is 5.96. The van der Waals surface area contributed by atoms with Gasteiger partial charge in [-0.25, -0.2) is 9.97 Å². The SMILES string of the molecule is Cc1cc(N2CCN(C)CC2)nc2ccc(NC(=O)COc3ccc(C(F)(F)F)cc3)cc12.Cc1cc(N2CCN(CCO)CC2)nc2ccc(NC(=O)COc3ccc(C(F)(F)F)cc3)cc12. The first-order valence-corrected chi connectivity index (χ1v) is 22.0. The van der Waals surface area contributed by atoms with Gasteiger partial charge in [0, 0.05) is 81.1 Å². The van der Waals surface area contributed by atoms with Crippen LogP contribution in [-0.2, 0) is 21.9 Å². The largest absolute Gasteiger partial charge is 0.484 e. The predicted octanol–water partition coefficient (Wildman–Crippen LogP) is 8.03. The molecule has 19 heteroatoms. The van der Waals surface area contributed by atoms with Crippen molar-refractivity contribution < 1.29 is 50.5 Å². The van der Waals surface area contributed by atoms with Crippen molar-refractivity contribution in [2.75, 3.05) is 106 Å². The zero-order valence-corrected chi connectivity index (χ0v) is 37.8. The molecular formula is C49H52F6N8O5. The number of hydrogen-bond acceptors (Lipinski definition) is 11. The monoisotopic (exact) mass is 946 g/mol. The Morgan fingerprint density at radius 1 is 0.588 bits per heavy atom. The number of aromatic nitrogens is 2. The van der Waals surface area contributed by atoms with Crippen LogP contribution in [0, 0.1) is 13.8 Å². The zero-order valence-electron chi connectivity index (χ0n) is 37.8. The van der Waals surface area contributed by atoms with Crippen molar-refractivity contribution in [3.8, 4) is 11.5 Å². The summed E-state index contributed by atoms with van der Waals surface area (Å²) in [6.07, 6.45) is -8.83. The number of aliphatic hydroxyl groups excluding tert-OH is 1. The van der Waals surface area contributed by atoms with Crippen molar-refractivity contribution in [3.05, 3.63) is 119 Å². The van der Waals surface area contributed by atoms with Crippen LogP contribution in [0.2, 0.25) is 0 Å². The number of halogens is 6. The van der Waals surface area contributed by atoms with Crippen LogP contribution in [-0.4, -0.2) is 122 Å². The Hall–Kier alpha value is -6.70. The molecule has 0 atom stereocenters. The summed E-state index contributed by atoms with van der Waals surface area (Å²) in [4.78, 5) is 43.2. The second-order valence-electron chi connectivity index (χ2n) is 16.6. The highest BCUT2D eigenvalue weighted by atomic mass is 19.4. The van der Waals surface area contributed by atoms with Crippen LogP contribution >= 0.6 is 0 Å². The number of nitrogens with one attached hydrogen (secondary N) is 2. The number of carbonyl (C=O) groups is 2. The molecule has 0 spiro atoms. The summed E-state index contributed by atoms with van der Waals surface area (Å²) in [6, 6.07) is 23.5. The maximum absolute atomic E-state index is 12.7. The van der Waals surface area contributed by atoms with Gasteiger partial charge in [-0.15, -0.1) is 0 Å². The van der Waals surface area contributed by atoms with E-state index in [1.807, 2.05) is 44.2 Å². The first-order valence-electron chi connectivity index (χ1n) is 22.0. The minimum absolute atomic E-state index is 0.160. The first kappa shape index (κ1) is 49.2. The smallest absolute Gasteiger partial charge is 0.416 e. The van der Waals surface area contributed by atoms with Gasteiger partial charge in [0.1, 0.15) is 23.1 Å². The van der Waals surface area contributed by atoms with Gasteiger partial charge in [-0.3, -0.25) is 14.5 Å². The summed E-state index contributed by atoms with van der Waals surface area (Å²) in [5.41, 5.74) is 3.39. The lowest BCUT2D eigenvalue weighted by Gasteiger charge is -2.35. The zero-order chi connectivity index (χ0) is 48.6. The molecule has 68 heavy (non-hydrogen) atoms. The normalized spacial score (nSPS) is 14.9. The Balaban J connectivity index is 0.000000202. The molecule has 4 heterocycles. The lowest BCUT2D eigenvalue weighted by atomic mass is 10.1. The number of pyridine rings is 2. The van der Waals surface area contributed by atoms with E-state index in [2.05, 4.69) is 43.3 Å². The fraction of sp³-hybridized carbons (Fsp3) is 0.347. The Labute approximate surface area is 389 Å². The molecule has 0 unspecified atom stereocenters. The van der Waals surface area contributed by atoms with Crippen LogP contribution in [0.1, 0.15) is 22.3 Å². The summed E-state index contributed by atoms with van der Waals surface area (Å²) in [7, 11) is 2.11. The quantitative estimate of drug-likeness (QED) is 0.103. The third-order valence-corrected chi connectivity index (χ3v) is 11.6. The molecule has 6 aromatic rings. The Morgan fingerprint density at radius 2 is 0.985 bits per heavy atom. The molecule has 3 N–H and O–H groups in total. The maximum atomic E-state index is 12.7. The average molecular weight is 947 g/mol. The summed E-state index contributed by atoms with van der Waals surface area (Å²) in [5, 5.41) is 16.5. The summed E-state index contributed by atoms with van der Waals surface area (Å²) < 4.78 is 86.5. The molecule has 2 aliphatic heterocycles. The number of β-amino-alcohol motifs (C(OH)–C–C–N with tert-alkyl or cyclic N) is 1. The molecule has 4 aromatic carbocycles. The van der Waals surface area contributed by atoms with Crippen LogP contribution in [0.5, 0.6) is 11.5 Å². The molecular weight excluding hydrogens is 895 g/mol. The molecule has 2 aromatic heterocycles. The number of benzene rings is 4. The van der Waals surface area contributed by atoms with Crippen LogP contribution in [0.25, 0.3) is 21.8 Å². The molecule has 2 aliphatic rings. The highest BCUT2D eigenvalue weighted by Gasteiger charge is 2.31. The predicted molar refractivity (Wildman–Crippen MR) is 250 cm³/mol. The number of piperazine rings is 2. The third kappa shape index (κ3) is 13.0. The second-order valence-corrected chi connectivity index (χ2v) is 16.6. The molecule has 0 saturated carbocycles. The molecule has 0 radical (unpaired) electrons. The number of amides is 2. The van der Waals surface area contributed by atoms with Gasteiger partial charge in [0.2, 0.25) is 0 Å². The van der Waals surface area contributed by atoms with Crippen molar-refractivity contribution in [2.24, 2.45) is 0 Å². The van der Waals surface area contributed by atoms with Crippen molar-refractivity contribution >= 4 is 56.6 Å². The molecule has 0 aliphatic carbocycles. The van der Waals surface area contributed by atoms with Gasteiger partial charge in [-0.05, 0) is 129 Å². The number of nitrogens with zero attached hydrogens (tertiary/aromatic N) is 6. The molecule has 0 bridgehead atoms. The van der Waals surface area contributed by atoms with E-state index in [9.17, 15) is 35.9 Å². The van der Waals surface area contributed by atoms with E-state index in [-0.39, 0.29) is 31.3 Å². The number of likely N-dealkylation sites (N-methyl/N-ethyl adjacent to an activating group) is 1. The number of anilines is 4. The van der Waals surface area contributed by atoms with Gasteiger partial charge in [0.25, 0.3) is 11.8 Å². The van der Waals surface area contributed by atoms with Crippen LogP contribution < -0.4 is 29.9 Å². The van der Waals surface area contributed by atoms with Gasteiger partial charge >= 0.3 is 12.4 Å². The number of carbonyl (C=O) groups excluding carboxylic acids is 2. The molecule has 2 fully saturated rings. The van der Waals surface area contributed by atoms with E-state index in [1.165, 1.54) is 24.3 Å². The lowest BCUT2D eigenvalue weighted by Crippen LogP contribution is -2.47. The Morgan fingerprint density at radius 3 is 1.37 bits per heavy atom. The van der Waals surface area contributed by atoms with Crippen molar-refractivity contribution in [1.29, 1.82) is 0 Å². The van der Waals surface area contributed by atoms with E-state index in [0.29, 0.717) is 17.9 Å². The van der Waals surface area contributed by atoms with Crippen molar-refractivity contribution in [2.45, 2.75) is 26.2 Å². The maximum Gasteiger partial charge on any atom is 0.416 e. The Bertz CT molecular complexity index is 2690. The second kappa shape index (κ2) is 21.5. The fourth-order valence-electron chi connectivity index (χ4n) is 7.78. The van der Waals surface area contributed by atoms with Gasteiger partial charge in [-0.1, -0.05) is 0 Å². The number of aliphatic hydroxyl groups is 1. The number of ether oxygens (including phenoxy) is 2.